The molecule has 1 unspecified atom stereocenters. The van der Waals surface area contributed by atoms with Crippen LogP contribution in [-0.4, -0.2) is 6.67 Å². The number of benzene rings is 1. The van der Waals surface area contributed by atoms with E-state index in [1.54, 1.807) is 12.1 Å². The quantitative estimate of drug-likeness (QED) is 0.767. The van der Waals surface area contributed by atoms with Crippen LogP contribution >= 0.6 is 22.6 Å². The molecule has 13 heavy (non-hydrogen) atoms. The van der Waals surface area contributed by atoms with Crippen LogP contribution in [0.4, 0.5) is 4.39 Å². The highest BCUT2D eigenvalue weighted by atomic mass is 127. The van der Waals surface area contributed by atoms with E-state index in [0.29, 0.717) is 5.56 Å². The van der Waals surface area contributed by atoms with Gasteiger partial charge in [-0.1, -0.05) is 6.92 Å². The smallest absolute Gasteiger partial charge is 0.0991 e. The Morgan fingerprint density at radius 3 is 2.85 bits per heavy atom. The molecule has 1 aromatic rings. The summed E-state index contributed by atoms with van der Waals surface area (Å²) in [6.45, 7) is 1.43. The molecule has 0 N–H and O–H groups in total. The van der Waals surface area contributed by atoms with E-state index in [9.17, 15) is 4.39 Å². The van der Waals surface area contributed by atoms with E-state index >= 15 is 0 Å². The van der Waals surface area contributed by atoms with Crippen LogP contribution in [0.5, 0.6) is 0 Å². The van der Waals surface area contributed by atoms with Crippen molar-refractivity contribution < 1.29 is 4.39 Å². The summed E-state index contributed by atoms with van der Waals surface area (Å²) in [7, 11) is 0. The highest BCUT2D eigenvalue weighted by Crippen LogP contribution is 2.23. The van der Waals surface area contributed by atoms with E-state index in [-0.39, 0.29) is 12.6 Å². The van der Waals surface area contributed by atoms with Crippen LogP contribution in [0.25, 0.3) is 0 Å². The van der Waals surface area contributed by atoms with Crippen molar-refractivity contribution in [1.29, 1.82) is 5.26 Å². The minimum Gasteiger partial charge on any atom is -0.250 e. The second-order valence-electron chi connectivity index (χ2n) is 2.90. The van der Waals surface area contributed by atoms with Crippen LogP contribution < -0.4 is 0 Å². The molecule has 0 fully saturated rings. The van der Waals surface area contributed by atoms with Crippen LogP contribution in [0.3, 0.4) is 0 Å². The van der Waals surface area contributed by atoms with Crippen LogP contribution in [0, 0.1) is 14.9 Å². The molecule has 1 rings (SSSR count). The molecule has 0 aliphatic carbocycles. The fraction of sp³-hybridized carbons (Fsp3) is 0.300. The Balaban J connectivity index is 3.12. The van der Waals surface area contributed by atoms with Gasteiger partial charge in [-0.15, -0.1) is 0 Å². The molecule has 1 nitrogen and oxygen atoms in total. The van der Waals surface area contributed by atoms with Crippen LogP contribution in [0.15, 0.2) is 18.2 Å². The zero-order valence-electron chi connectivity index (χ0n) is 7.22. The average molecular weight is 289 g/mol. The standard InChI is InChI=1S/C10H9FIN/c1-7(5-11)9-4-8(6-13)2-3-10(9)12/h2-4,7H,5H2,1H3. The average Bonchev–Trinajstić information content (AvgIpc) is 2.17. The fourth-order valence-electron chi connectivity index (χ4n) is 1.07. The van der Waals surface area contributed by atoms with E-state index in [0.717, 1.165) is 9.13 Å². The second-order valence-corrected chi connectivity index (χ2v) is 4.07. The van der Waals surface area contributed by atoms with Gasteiger partial charge in [0, 0.05) is 9.49 Å². The number of hydrogen-bond acceptors (Lipinski definition) is 1. The van der Waals surface area contributed by atoms with Crippen molar-refractivity contribution in [3.05, 3.63) is 32.9 Å². The topological polar surface area (TPSA) is 23.8 Å². The third-order valence-electron chi connectivity index (χ3n) is 1.89. The highest BCUT2D eigenvalue weighted by Gasteiger charge is 2.09. The summed E-state index contributed by atoms with van der Waals surface area (Å²) in [4.78, 5) is 0. The van der Waals surface area contributed by atoms with Crippen LogP contribution in [-0.2, 0) is 0 Å². The van der Waals surface area contributed by atoms with E-state index in [4.69, 9.17) is 5.26 Å². The summed E-state index contributed by atoms with van der Waals surface area (Å²) in [5.41, 5.74) is 1.51. The molecule has 0 saturated heterocycles. The molecular weight excluding hydrogens is 280 g/mol. The number of halogens is 2. The maximum atomic E-state index is 12.4. The lowest BCUT2D eigenvalue weighted by Gasteiger charge is -2.09. The van der Waals surface area contributed by atoms with Crippen molar-refractivity contribution in [3.63, 3.8) is 0 Å². The van der Waals surface area contributed by atoms with Crippen LogP contribution in [0.1, 0.15) is 24.0 Å². The predicted octanol–water partition coefficient (Wildman–Crippen LogP) is 3.24. The van der Waals surface area contributed by atoms with Gasteiger partial charge in [-0.25, -0.2) is 0 Å². The second kappa shape index (κ2) is 4.56. The highest BCUT2D eigenvalue weighted by molar-refractivity contribution is 14.1. The monoisotopic (exact) mass is 289 g/mol. The van der Waals surface area contributed by atoms with Gasteiger partial charge in [0.05, 0.1) is 18.3 Å². The largest absolute Gasteiger partial charge is 0.250 e. The first-order chi connectivity index (χ1) is 6.19. The number of nitrogens with zero attached hydrogens (tertiary/aromatic N) is 1. The molecule has 0 heterocycles. The molecule has 0 saturated carbocycles. The summed E-state index contributed by atoms with van der Waals surface area (Å²) >= 11 is 2.16. The number of rotatable bonds is 2. The SMILES string of the molecule is CC(CF)c1cc(C#N)ccc1I. The Hall–Kier alpha value is -0.630. The molecule has 0 aliphatic heterocycles. The summed E-state index contributed by atoms with van der Waals surface area (Å²) < 4.78 is 13.4. The van der Waals surface area contributed by atoms with Gasteiger partial charge in [0.2, 0.25) is 0 Å². The first-order valence-corrected chi connectivity index (χ1v) is 5.02. The van der Waals surface area contributed by atoms with Crippen molar-refractivity contribution in [3.8, 4) is 6.07 Å². The molecule has 0 bridgehead atoms. The lowest BCUT2D eigenvalue weighted by Crippen LogP contribution is -1.98. The molecule has 0 aliphatic rings. The third-order valence-corrected chi connectivity index (χ3v) is 2.87. The summed E-state index contributed by atoms with van der Waals surface area (Å²) in [6.07, 6.45) is 0. The van der Waals surface area contributed by atoms with Gasteiger partial charge in [0.25, 0.3) is 0 Å². The fourth-order valence-corrected chi connectivity index (χ4v) is 1.94. The normalized spacial score (nSPS) is 12.2. The zero-order chi connectivity index (χ0) is 9.84. The Morgan fingerprint density at radius 2 is 2.31 bits per heavy atom. The van der Waals surface area contributed by atoms with Gasteiger partial charge in [-0.3, -0.25) is 4.39 Å². The minimum absolute atomic E-state index is 0.125. The predicted molar refractivity (Wildman–Crippen MR) is 58.3 cm³/mol. The maximum Gasteiger partial charge on any atom is 0.0991 e. The van der Waals surface area contributed by atoms with Gasteiger partial charge in [-0.2, -0.15) is 5.26 Å². The van der Waals surface area contributed by atoms with Gasteiger partial charge in [0.1, 0.15) is 0 Å². The van der Waals surface area contributed by atoms with Crippen molar-refractivity contribution in [2.24, 2.45) is 0 Å². The van der Waals surface area contributed by atoms with Crippen LogP contribution in [0.2, 0.25) is 0 Å². The Kier molecular flexibility index (Phi) is 3.67. The lowest BCUT2D eigenvalue weighted by atomic mass is 10.0. The molecule has 0 aromatic heterocycles. The minimum atomic E-state index is -0.384. The van der Waals surface area contributed by atoms with Crippen molar-refractivity contribution in [2.45, 2.75) is 12.8 Å². The number of alkyl halides is 1. The van der Waals surface area contributed by atoms with Gasteiger partial charge in [-0.05, 0) is 46.4 Å². The maximum absolute atomic E-state index is 12.4. The summed E-state index contributed by atoms with van der Waals surface area (Å²) in [6, 6.07) is 7.40. The lowest BCUT2D eigenvalue weighted by molar-refractivity contribution is 0.446. The van der Waals surface area contributed by atoms with E-state index in [2.05, 4.69) is 22.6 Å². The first kappa shape index (κ1) is 10.5. The molecule has 0 radical (unpaired) electrons. The van der Waals surface area contributed by atoms with Crippen molar-refractivity contribution in [1.82, 2.24) is 0 Å². The number of nitriles is 1. The third kappa shape index (κ3) is 2.41. The molecular formula is C10H9FIN. The summed E-state index contributed by atoms with van der Waals surface area (Å²) in [5.74, 6) is -0.125. The molecule has 68 valence electrons. The first-order valence-electron chi connectivity index (χ1n) is 3.94. The Labute approximate surface area is 90.7 Å². The van der Waals surface area contributed by atoms with Gasteiger partial charge in [0.15, 0.2) is 0 Å². The Morgan fingerprint density at radius 1 is 1.62 bits per heavy atom. The zero-order valence-corrected chi connectivity index (χ0v) is 9.38. The Bertz CT molecular complexity index is 343. The van der Waals surface area contributed by atoms with E-state index < -0.39 is 0 Å². The molecule has 1 aromatic carbocycles. The molecule has 0 amide bonds. The summed E-state index contributed by atoms with van der Waals surface area (Å²) in [5, 5.41) is 8.66. The van der Waals surface area contributed by atoms with Gasteiger partial charge >= 0.3 is 0 Å². The van der Waals surface area contributed by atoms with Crippen molar-refractivity contribution >= 4 is 22.6 Å². The number of hydrogen-bond donors (Lipinski definition) is 0. The van der Waals surface area contributed by atoms with Crippen molar-refractivity contribution in [2.75, 3.05) is 6.67 Å². The van der Waals surface area contributed by atoms with Gasteiger partial charge < -0.3 is 0 Å². The molecule has 0 spiro atoms. The molecule has 3 heteroatoms. The molecule has 1 atom stereocenters. The van der Waals surface area contributed by atoms with E-state index in [1.165, 1.54) is 0 Å². The van der Waals surface area contributed by atoms with E-state index in [1.807, 2.05) is 19.1 Å².